The first-order valence-corrected chi connectivity index (χ1v) is 6.49. The monoisotopic (exact) mass is 279 g/mol. The lowest BCUT2D eigenvalue weighted by Crippen LogP contribution is -2.44. The van der Waals surface area contributed by atoms with Gasteiger partial charge in [0.05, 0.1) is 6.20 Å². The zero-order valence-corrected chi connectivity index (χ0v) is 11.3. The Balaban J connectivity index is 1.95. The molecule has 7 nitrogen and oxygen atoms in total. The van der Waals surface area contributed by atoms with E-state index < -0.39 is 0 Å². The van der Waals surface area contributed by atoms with Crippen LogP contribution in [-0.4, -0.2) is 50.9 Å². The predicted octanol–water partition coefficient (Wildman–Crippen LogP) is 0.429. The van der Waals surface area contributed by atoms with Crippen molar-refractivity contribution >= 4 is 17.4 Å². The molecule has 0 amide bonds. The van der Waals surface area contributed by atoms with E-state index in [4.69, 9.17) is 11.6 Å². The molecule has 0 atom stereocenters. The average Bonchev–Trinajstić information content (AvgIpc) is 2.87. The fourth-order valence-corrected chi connectivity index (χ4v) is 2.21. The van der Waals surface area contributed by atoms with Gasteiger partial charge in [0, 0.05) is 26.2 Å². The Morgan fingerprint density at radius 3 is 2.74 bits per heavy atom. The fraction of sp³-hybridized carbons (Fsp3) is 0.455. The lowest BCUT2D eigenvalue weighted by molar-refractivity contribution is 0.583. The third-order valence-electron chi connectivity index (χ3n) is 2.94. The van der Waals surface area contributed by atoms with E-state index in [9.17, 15) is 0 Å². The zero-order chi connectivity index (χ0) is 13.2. The first kappa shape index (κ1) is 12.3. The van der Waals surface area contributed by atoms with Crippen LogP contribution in [0.5, 0.6) is 0 Å². The summed E-state index contributed by atoms with van der Waals surface area (Å²) in [6.45, 7) is 5.44. The Hall–Kier alpha value is -1.73. The number of aromatic nitrogens is 5. The van der Waals surface area contributed by atoms with Gasteiger partial charge in [-0.25, -0.2) is 9.97 Å². The molecule has 0 aliphatic carbocycles. The highest BCUT2D eigenvalue weighted by atomic mass is 35.5. The van der Waals surface area contributed by atoms with Gasteiger partial charge in [0.2, 0.25) is 0 Å². The summed E-state index contributed by atoms with van der Waals surface area (Å²) in [7, 11) is 0. The van der Waals surface area contributed by atoms with E-state index in [0.29, 0.717) is 16.8 Å². The van der Waals surface area contributed by atoms with E-state index in [1.165, 1.54) is 0 Å². The predicted molar refractivity (Wildman–Crippen MR) is 71.8 cm³/mol. The van der Waals surface area contributed by atoms with Crippen molar-refractivity contribution in [1.82, 2.24) is 30.0 Å². The number of piperazine rings is 1. The van der Waals surface area contributed by atoms with E-state index in [2.05, 4.69) is 30.3 Å². The van der Waals surface area contributed by atoms with Crippen LogP contribution in [0.25, 0.3) is 5.95 Å². The first-order valence-electron chi connectivity index (χ1n) is 6.11. The second-order valence-corrected chi connectivity index (χ2v) is 4.72. The van der Waals surface area contributed by atoms with Crippen molar-refractivity contribution in [3.05, 3.63) is 23.4 Å². The van der Waals surface area contributed by atoms with Gasteiger partial charge in [0.25, 0.3) is 5.95 Å². The molecule has 0 aromatic carbocycles. The molecule has 1 fully saturated rings. The SMILES string of the molecule is Cc1ncn(-c2ncc(Cl)c(N3CCNCC3)n2)n1. The second-order valence-electron chi connectivity index (χ2n) is 4.31. The molecule has 2 aromatic heterocycles. The van der Waals surface area contributed by atoms with Gasteiger partial charge in [-0.3, -0.25) is 0 Å². The lowest BCUT2D eigenvalue weighted by Gasteiger charge is -2.28. The molecule has 3 rings (SSSR count). The molecule has 1 aliphatic rings. The van der Waals surface area contributed by atoms with Gasteiger partial charge >= 0.3 is 0 Å². The molecule has 1 aliphatic heterocycles. The van der Waals surface area contributed by atoms with Crippen LogP contribution >= 0.6 is 11.6 Å². The molecule has 0 bridgehead atoms. The van der Waals surface area contributed by atoms with Crippen molar-refractivity contribution in [2.75, 3.05) is 31.1 Å². The van der Waals surface area contributed by atoms with E-state index in [1.807, 2.05) is 6.92 Å². The Morgan fingerprint density at radius 1 is 1.26 bits per heavy atom. The Morgan fingerprint density at radius 2 is 2.05 bits per heavy atom. The summed E-state index contributed by atoms with van der Waals surface area (Å²) in [6, 6.07) is 0. The lowest BCUT2D eigenvalue weighted by atomic mass is 10.3. The van der Waals surface area contributed by atoms with Crippen LogP contribution < -0.4 is 10.2 Å². The Bertz CT molecular complexity index is 576. The number of rotatable bonds is 2. The molecule has 0 saturated carbocycles. The summed E-state index contributed by atoms with van der Waals surface area (Å²) in [6.07, 6.45) is 3.21. The molecular weight excluding hydrogens is 266 g/mol. The standard InChI is InChI=1S/C11H14ClN7/c1-8-15-7-19(17-8)11-14-6-9(12)10(16-11)18-4-2-13-3-5-18/h6-7,13H,2-5H2,1H3. The largest absolute Gasteiger partial charge is 0.353 e. The quantitative estimate of drug-likeness (QED) is 0.859. The van der Waals surface area contributed by atoms with Crippen LogP contribution in [0.3, 0.4) is 0 Å². The highest BCUT2D eigenvalue weighted by Crippen LogP contribution is 2.23. The average molecular weight is 280 g/mol. The van der Waals surface area contributed by atoms with Gasteiger partial charge in [0.1, 0.15) is 17.2 Å². The molecule has 0 radical (unpaired) electrons. The van der Waals surface area contributed by atoms with Crippen LogP contribution in [0.15, 0.2) is 12.5 Å². The molecule has 19 heavy (non-hydrogen) atoms. The van der Waals surface area contributed by atoms with E-state index in [1.54, 1.807) is 17.2 Å². The molecule has 2 aromatic rings. The van der Waals surface area contributed by atoms with E-state index in [-0.39, 0.29) is 0 Å². The molecule has 0 unspecified atom stereocenters. The van der Waals surface area contributed by atoms with Crippen molar-refractivity contribution in [2.45, 2.75) is 6.92 Å². The number of nitrogens with one attached hydrogen (secondary N) is 1. The fourth-order valence-electron chi connectivity index (χ4n) is 2.00. The van der Waals surface area contributed by atoms with Gasteiger partial charge in [-0.1, -0.05) is 11.6 Å². The molecular formula is C11H14ClN7. The molecule has 3 heterocycles. The van der Waals surface area contributed by atoms with Gasteiger partial charge in [0.15, 0.2) is 5.82 Å². The summed E-state index contributed by atoms with van der Waals surface area (Å²) < 4.78 is 1.55. The summed E-state index contributed by atoms with van der Waals surface area (Å²) in [5, 5.41) is 8.06. The van der Waals surface area contributed by atoms with Gasteiger partial charge in [-0.2, -0.15) is 9.67 Å². The first-order chi connectivity index (χ1) is 9.24. The highest BCUT2D eigenvalue weighted by molar-refractivity contribution is 6.32. The van der Waals surface area contributed by atoms with Crippen molar-refractivity contribution in [2.24, 2.45) is 0 Å². The topological polar surface area (TPSA) is 71.8 Å². The van der Waals surface area contributed by atoms with Crippen LogP contribution in [-0.2, 0) is 0 Å². The van der Waals surface area contributed by atoms with Crippen LogP contribution in [0, 0.1) is 6.92 Å². The van der Waals surface area contributed by atoms with Crippen molar-refractivity contribution in [1.29, 1.82) is 0 Å². The van der Waals surface area contributed by atoms with Crippen LogP contribution in [0.2, 0.25) is 5.02 Å². The minimum atomic E-state index is 0.485. The number of halogens is 1. The molecule has 0 spiro atoms. The maximum absolute atomic E-state index is 6.19. The number of hydrogen-bond donors (Lipinski definition) is 1. The highest BCUT2D eigenvalue weighted by Gasteiger charge is 2.17. The minimum Gasteiger partial charge on any atom is -0.353 e. The van der Waals surface area contributed by atoms with Gasteiger partial charge in [-0.15, -0.1) is 5.10 Å². The van der Waals surface area contributed by atoms with Crippen LogP contribution in [0.1, 0.15) is 5.82 Å². The summed E-state index contributed by atoms with van der Waals surface area (Å²) >= 11 is 6.19. The number of aryl methyl sites for hydroxylation is 1. The molecule has 1 N–H and O–H groups in total. The molecule has 1 saturated heterocycles. The Labute approximate surface area is 115 Å². The van der Waals surface area contributed by atoms with Crippen molar-refractivity contribution in [3.8, 4) is 5.95 Å². The minimum absolute atomic E-state index is 0.485. The van der Waals surface area contributed by atoms with Gasteiger partial charge in [-0.05, 0) is 6.92 Å². The van der Waals surface area contributed by atoms with Crippen LogP contribution in [0.4, 0.5) is 5.82 Å². The van der Waals surface area contributed by atoms with E-state index >= 15 is 0 Å². The summed E-state index contributed by atoms with van der Waals surface area (Å²) in [5.41, 5.74) is 0. The Kier molecular flexibility index (Phi) is 3.31. The van der Waals surface area contributed by atoms with E-state index in [0.717, 1.165) is 32.0 Å². The number of hydrogen-bond acceptors (Lipinski definition) is 6. The summed E-state index contributed by atoms with van der Waals surface area (Å²) in [4.78, 5) is 14.9. The zero-order valence-electron chi connectivity index (χ0n) is 10.5. The van der Waals surface area contributed by atoms with Crippen molar-refractivity contribution in [3.63, 3.8) is 0 Å². The normalized spacial score (nSPS) is 15.8. The smallest absolute Gasteiger partial charge is 0.254 e. The third kappa shape index (κ3) is 2.52. The molecule has 8 heteroatoms. The van der Waals surface area contributed by atoms with Crippen molar-refractivity contribution < 1.29 is 0 Å². The third-order valence-corrected chi connectivity index (χ3v) is 3.21. The number of anilines is 1. The van der Waals surface area contributed by atoms with Gasteiger partial charge < -0.3 is 10.2 Å². The second kappa shape index (κ2) is 5.10. The summed E-state index contributed by atoms with van der Waals surface area (Å²) in [5.74, 6) is 1.92. The maximum Gasteiger partial charge on any atom is 0.254 e. The maximum atomic E-state index is 6.19. The number of nitrogens with zero attached hydrogens (tertiary/aromatic N) is 6. The molecule has 100 valence electrons.